The molecule has 1 aromatic carbocycles. The fraction of sp³-hybridized carbons (Fsp3) is 0.222. The van der Waals surface area contributed by atoms with Crippen molar-refractivity contribution in [3.63, 3.8) is 0 Å². The van der Waals surface area contributed by atoms with Crippen molar-refractivity contribution in [1.29, 1.82) is 0 Å². The van der Waals surface area contributed by atoms with Gasteiger partial charge in [-0.2, -0.15) is 5.10 Å². The maximum absolute atomic E-state index is 12.5. The second-order valence-corrected chi connectivity index (χ2v) is 7.51. The van der Waals surface area contributed by atoms with Crippen molar-refractivity contribution < 1.29 is 0 Å². The Kier molecular flexibility index (Phi) is 4.51. The van der Waals surface area contributed by atoms with Gasteiger partial charge in [-0.05, 0) is 35.0 Å². The molecule has 3 heterocycles. The molecule has 0 aliphatic heterocycles. The Morgan fingerprint density at radius 3 is 2.46 bits per heavy atom. The van der Waals surface area contributed by atoms with Gasteiger partial charge in [0, 0.05) is 19.7 Å². The largest absolute Gasteiger partial charge is 0.332 e. The summed E-state index contributed by atoms with van der Waals surface area (Å²) in [7, 11) is 3.04. The van der Waals surface area contributed by atoms with E-state index in [1.165, 1.54) is 11.6 Å². The first-order valence-electron chi connectivity index (χ1n) is 8.42. The Hall–Kier alpha value is -2.65. The highest BCUT2D eigenvalue weighted by Gasteiger charge is 2.21. The van der Waals surface area contributed by atoms with Gasteiger partial charge in [-0.1, -0.05) is 29.8 Å². The highest BCUT2D eigenvalue weighted by molar-refractivity contribution is 9.10. The molecule has 10 heteroatoms. The van der Waals surface area contributed by atoms with E-state index in [9.17, 15) is 9.59 Å². The molecule has 0 aliphatic carbocycles. The van der Waals surface area contributed by atoms with Gasteiger partial charge in [0.2, 0.25) is 0 Å². The van der Waals surface area contributed by atoms with E-state index in [4.69, 9.17) is 11.6 Å². The van der Waals surface area contributed by atoms with Crippen LogP contribution in [0.15, 0.2) is 44.7 Å². The highest BCUT2D eigenvalue weighted by atomic mass is 79.9. The lowest BCUT2D eigenvalue weighted by Gasteiger charge is -2.10. The Balaban J connectivity index is 1.91. The van der Waals surface area contributed by atoms with Gasteiger partial charge in [0.25, 0.3) is 5.56 Å². The molecule has 0 N–H and O–H groups in total. The summed E-state index contributed by atoms with van der Waals surface area (Å²) >= 11 is 10.0. The minimum absolute atomic E-state index is 0.209. The molecule has 4 aromatic rings. The average Bonchev–Trinajstić information content (AvgIpc) is 3.17. The number of nitrogens with zero attached hydrogens (tertiary/aromatic N) is 6. The molecular formula is C18H16BrClN6O2. The third kappa shape index (κ3) is 2.73. The topological polar surface area (TPSA) is 79.6 Å². The van der Waals surface area contributed by atoms with Crippen LogP contribution in [0.3, 0.4) is 0 Å². The molecule has 8 nitrogen and oxygen atoms in total. The van der Waals surface area contributed by atoms with E-state index in [2.05, 4.69) is 26.0 Å². The molecular weight excluding hydrogens is 448 g/mol. The van der Waals surface area contributed by atoms with Crippen LogP contribution in [-0.2, 0) is 20.6 Å². The third-order valence-corrected chi connectivity index (χ3v) is 5.73. The van der Waals surface area contributed by atoms with Gasteiger partial charge < -0.3 is 0 Å². The van der Waals surface area contributed by atoms with Crippen molar-refractivity contribution in [2.75, 3.05) is 0 Å². The molecule has 3 aromatic heterocycles. The van der Waals surface area contributed by atoms with Crippen molar-refractivity contribution in [3.05, 3.63) is 72.3 Å². The number of hydrogen-bond acceptors (Lipinski definition) is 4. The molecule has 0 fully saturated rings. The third-order valence-electron chi connectivity index (χ3n) is 4.73. The molecule has 28 heavy (non-hydrogen) atoms. The predicted octanol–water partition coefficient (Wildman–Crippen LogP) is 2.39. The van der Waals surface area contributed by atoms with E-state index >= 15 is 0 Å². The van der Waals surface area contributed by atoms with E-state index < -0.39 is 11.2 Å². The summed E-state index contributed by atoms with van der Waals surface area (Å²) in [4.78, 5) is 29.1. The zero-order valence-corrected chi connectivity index (χ0v) is 17.7. The Labute approximate surface area is 172 Å². The molecule has 0 amide bonds. The molecule has 0 radical (unpaired) electrons. The van der Waals surface area contributed by atoms with E-state index in [1.807, 2.05) is 37.3 Å². The monoisotopic (exact) mass is 462 g/mol. The molecule has 0 saturated heterocycles. The van der Waals surface area contributed by atoms with Crippen molar-refractivity contribution in [3.8, 4) is 5.69 Å². The van der Waals surface area contributed by atoms with Crippen LogP contribution in [0, 0.1) is 6.92 Å². The molecule has 0 unspecified atom stereocenters. The van der Waals surface area contributed by atoms with Gasteiger partial charge in [0.05, 0.1) is 17.9 Å². The van der Waals surface area contributed by atoms with Crippen LogP contribution >= 0.6 is 27.5 Å². The lowest BCUT2D eigenvalue weighted by atomic mass is 10.2. The number of benzene rings is 1. The summed E-state index contributed by atoms with van der Waals surface area (Å²) in [6.07, 6.45) is 0. The lowest BCUT2D eigenvalue weighted by molar-refractivity contribution is 0.684. The predicted molar refractivity (Wildman–Crippen MR) is 110 cm³/mol. The molecule has 0 bridgehead atoms. The minimum atomic E-state index is -0.444. The average molecular weight is 464 g/mol. The van der Waals surface area contributed by atoms with Gasteiger partial charge in [-0.25, -0.2) is 14.5 Å². The van der Waals surface area contributed by atoms with Gasteiger partial charge in [0.15, 0.2) is 15.9 Å². The fourth-order valence-electron chi connectivity index (χ4n) is 3.21. The number of hydrogen-bond donors (Lipinski definition) is 0. The van der Waals surface area contributed by atoms with Crippen LogP contribution in [0.2, 0.25) is 5.15 Å². The number of rotatable bonds is 3. The molecule has 0 atom stereocenters. The smallest absolute Gasteiger partial charge is 0.300 e. The summed E-state index contributed by atoms with van der Waals surface area (Å²) in [5.74, 6) is 0. The summed E-state index contributed by atoms with van der Waals surface area (Å²) in [6.45, 7) is 2.17. The van der Waals surface area contributed by atoms with Crippen LogP contribution < -0.4 is 11.2 Å². The summed E-state index contributed by atoms with van der Waals surface area (Å²) in [5.41, 5.74) is 2.13. The number of imidazole rings is 1. The SMILES string of the molecule is Cc1nn(-c2ccccc2)c(Cl)c1Cn1c(Br)nc2c(=O)n(C)c(=O)n(C)c21. The van der Waals surface area contributed by atoms with Crippen molar-refractivity contribution in [2.45, 2.75) is 13.5 Å². The number of fused-ring (bicyclic) bond motifs is 1. The van der Waals surface area contributed by atoms with Crippen LogP contribution in [0.4, 0.5) is 0 Å². The summed E-state index contributed by atoms with van der Waals surface area (Å²) in [5, 5.41) is 5.01. The van der Waals surface area contributed by atoms with E-state index in [-0.39, 0.29) is 5.52 Å². The zero-order valence-electron chi connectivity index (χ0n) is 15.3. The van der Waals surface area contributed by atoms with E-state index in [0.717, 1.165) is 21.5 Å². The first kappa shape index (κ1) is 18.7. The van der Waals surface area contributed by atoms with E-state index in [0.29, 0.717) is 22.1 Å². The number of para-hydroxylation sites is 1. The van der Waals surface area contributed by atoms with Crippen molar-refractivity contribution >= 4 is 38.7 Å². The standard InChI is InChI=1S/C18H16BrClN6O2/c1-10-12(14(20)26(22-10)11-7-5-4-6-8-11)9-25-15-13(21-17(25)19)16(27)24(3)18(28)23(15)2/h4-8H,9H2,1-3H3. The van der Waals surface area contributed by atoms with Crippen LogP contribution in [0.5, 0.6) is 0 Å². The second kappa shape index (κ2) is 6.75. The number of aromatic nitrogens is 6. The summed E-state index contributed by atoms with van der Waals surface area (Å²) < 4.78 is 6.28. The van der Waals surface area contributed by atoms with E-state index in [1.54, 1.807) is 16.3 Å². The van der Waals surface area contributed by atoms with Crippen molar-refractivity contribution in [2.24, 2.45) is 14.1 Å². The number of halogens is 2. The molecule has 4 rings (SSSR count). The molecule has 0 aliphatic rings. The highest BCUT2D eigenvalue weighted by Crippen LogP contribution is 2.27. The fourth-order valence-corrected chi connectivity index (χ4v) is 4.01. The second-order valence-electron chi connectivity index (χ2n) is 6.45. The summed E-state index contributed by atoms with van der Waals surface area (Å²) in [6, 6.07) is 9.57. The minimum Gasteiger partial charge on any atom is -0.300 e. The first-order chi connectivity index (χ1) is 13.3. The van der Waals surface area contributed by atoms with Crippen LogP contribution in [0.25, 0.3) is 16.9 Å². The van der Waals surface area contributed by atoms with Crippen molar-refractivity contribution in [1.82, 2.24) is 28.5 Å². The first-order valence-corrected chi connectivity index (χ1v) is 9.59. The number of aryl methyl sites for hydroxylation is 2. The zero-order chi connectivity index (χ0) is 20.2. The molecule has 144 valence electrons. The van der Waals surface area contributed by atoms with Gasteiger partial charge in [-0.3, -0.25) is 18.5 Å². The Morgan fingerprint density at radius 1 is 1.11 bits per heavy atom. The normalized spacial score (nSPS) is 11.5. The molecule has 0 spiro atoms. The quantitative estimate of drug-likeness (QED) is 0.437. The van der Waals surface area contributed by atoms with Gasteiger partial charge in [-0.15, -0.1) is 0 Å². The Bertz CT molecular complexity index is 1330. The van der Waals surface area contributed by atoms with Crippen LogP contribution in [-0.4, -0.2) is 28.5 Å². The maximum atomic E-state index is 12.5. The Morgan fingerprint density at radius 2 is 1.79 bits per heavy atom. The van der Waals surface area contributed by atoms with Gasteiger partial charge >= 0.3 is 5.69 Å². The van der Waals surface area contributed by atoms with Gasteiger partial charge in [0.1, 0.15) is 5.15 Å². The van der Waals surface area contributed by atoms with Crippen LogP contribution in [0.1, 0.15) is 11.3 Å². The molecule has 0 saturated carbocycles. The lowest BCUT2D eigenvalue weighted by Crippen LogP contribution is -2.37. The maximum Gasteiger partial charge on any atom is 0.332 e.